The molecule has 1 aromatic heterocycles. The quantitative estimate of drug-likeness (QED) is 0.771. The van der Waals surface area contributed by atoms with E-state index >= 15 is 0 Å². The molecule has 0 aromatic carbocycles. The second kappa shape index (κ2) is 3.10. The minimum atomic E-state index is -5.68. The van der Waals surface area contributed by atoms with E-state index in [4.69, 9.17) is 0 Å². The van der Waals surface area contributed by atoms with Gasteiger partial charge in [0.15, 0.2) is 5.82 Å². The van der Waals surface area contributed by atoms with E-state index in [1.807, 2.05) is 0 Å². The Labute approximate surface area is 74.9 Å². The molecule has 1 N–H and O–H groups in total. The maximum absolute atomic E-state index is 12.5. The van der Waals surface area contributed by atoms with E-state index in [0.29, 0.717) is 6.07 Å². The fourth-order valence-corrected chi connectivity index (χ4v) is 0.681. The van der Waals surface area contributed by atoms with Gasteiger partial charge in [0.05, 0.1) is 0 Å². The highest BCUT2D eigenvalue weighted by Gasteiger charge is 2.61. The smallest absolute Gasteiger partial charge is 0.370 e. The number of hydrogen-bond donors (Lipinski definition) is 1. The average Bonchev–Trinajstić information content (AvgIpc) is 2.49. The lowest BCUT2D eigenvalue weighted by Gasteiger charge is -2.15. The van der Waals surface area contributed by atoms with Crippen LogP contribution < -0.4 is 5.32 Å². The molecule has 14 heavy (non-hydrogen) atoms. The molecule has 0 aliphatic rings. The summed E-state index contributed by atoms with van der Waals surface area (Å²) < 4.78 is 64.2. The number of hydrogen-bond acceptors (Lipinski definition) is 3. The molecule has 0 fully saturated rings. The lowest BCUT2D eigenvalue weighted by Crippen LogP contribution is -2.33. The highest BCUT2D eigenvalue weighted by Crippen LogP contribution is 2.44. The molecule has 1 aromatic rings. The van der Waals surface area contributed by atoms with Crippen LogP contribution in [0.4, 0.5) is 27.8 Å². The Kier molecular flexibility index (Phi) is 2.38. The summed E-state index contributed by atoms with van der Waals surface area (Å²) in [6.45, 7) is 0. The molecule has 0 aliphatic carbocycles. The van der Waals surface area contributed by atoms with Gasteiger partial charge in [-0.15, -0.1) is 0 Å². The van der Waals surface area contributed by atoms with Crippen LogP contribution in [0.25, 0.3) is 0 Å². The summed E-state index contributed by atoms with van der Waals surface area (Å²) >= 11 is 0. The first kappa shape index (κ1) is 10.7. The number of alkyl halides is 5. The van der Waals surface area contributed by atoms with E-state index < -0.39 is 17.9 Å². The van der Waals surface area contributed by atoms with Gasteiger partial charge in [-0.2, -0.15) is 22.0 Å². The maximum Gasteiger partial charge on any atom is 0.461 e. The van der Waals surface area contributed by atoms with Crippen LogP contribution in [-0.4, -0.2) is 18.4 Å². The minimum absolute atomic E-state index is 0.191. The van der Waals surface area contributed by atoms with E-state index in [1.165, 1.54) is 7.05 Å². The van der Waals surface area contributed by atoms with Crippen LogP contribution in [0, 0.1) is 0 Å². The summed E-state index contributed by atoms with van der Waals surface area (Å²) in [6.07, 6.45) is -5.68. The predicted octanol–water partition coefficient (Wildman–Crippen LogP) is 2.37. The Morgan fingerprint density at radius 1 is 1.29 bits per heavy atom. The van der Waals surface area contributed by atoms with Gasteiger partial charge in [-0.05, 0) is 0 Å². The molecule has 1 rings (SSSR count). The lowest BCUT2D eigenvalue weighted by atomic mass is 10.2. The third-order valence-corrected chi connectivity index (χ3v) is 1.43. The molecular weight excluding hydrogens is 211 g/mol. The molecule has 0 saturated carbocycles. The van der Waals surface area contributed by atoms with Gasteiger partial charge >= 0.3 is 12.1 Å². The zero-order valence-electron chi connectivity index (χ0n) is 6.82. The summed E-state index contributed by atoms with van der Waals surface area (Å²) in [4.78, 5) is 0. The standard InChI is InChI=1S/C6H5F5N2O/c1-12-4-2-3(14-13-4)5(7,8)6(9,10)11/h2H,1H3,(H,12,13). The van der Waals surface area contributed by atoms with Gasteiger partial charge in [0, 0.05) is 13.1 Å². The molecule has 3 nitrogen and oxygen atoms in total. The minimum Gasteiger partial charge on any atom is -0.370 e. The highest BCUT2D eigenvalue weighted by molar-refractivity contribution is 5.34. The van der Waals surface area contributed by atoms with E-state index in [-0.39, 0.29) is 5.82 Å². The molecule has 0 amide bonds. The summed E-state index contributed by atoms with van der Waals surface area (Å²) in [5.41, 5.74) is 0. The second-order valence-corrected chi connectivity index (χ2v) is 2.40. The Bertz CT molecular complexity index is 318. The third kappa shape index (κ3) is 1.64. The SMILES string of the molecule is CNc1cc(C(F)(F)C(F)(F)F)on1. The molecule has 80 valence electrons. The highest BCUT2D eigenvalue weighted by atomic mass is 19.4. The molecule has 0 atom stereocenters. The Hall–Kier alpha value is -1.34. The van der Waals surface area contributed by atoms with E-state index in [0.717, 1.165) is 0 Å². The van der Waals surface area contributed by atoms with Crippen LogP contribution in [0.1, 0.15) is 5.76 Å². The lowest BCUT2D eigenvalue weighted by molar-refractivity contribution is -0.296. The molecule has 0 saturated heterocycles. The van der Waals surface area contributed by atoms with Crippen molar-refractivity contribution in [2.24, 2.45) is 0 Å². The average molecular weight is 216 g/mol. The number of halogens is 5. The topological polar surface area (TPSA) is 38.1 Å². The Morgan fingerprint density at radius 3 is 2.21 bits per heavy atom. The predicted molar refractivity (Wildman–Crippen MR) is 36.0 cm³/mol. The van der Waals surface area contributed by atoms with E-state index in [1.54, 1.807) is 0 Å². The van der Waals surface area contributed by atoms with Crippen LogP contribution in [0.2, 0.25) is 0 Å². The molecule has 0 spiro atoms. The van der Waals surface area contributed by atoms with Gasteiger partial charge < -0.3 is 9.84 Å². The van der Waals surface area contributed by atoms with Crippen molar-refractivity contribution in [3.8, 4) is 0 Å². The van der Waals surface area contributed by atoms with Crippen molar-refractivity contribution in [3.05, 3.63) is 11.8 Å². The van der Waals surface area contributed by atoms with Crippen LogP contribution in [0.3, 0.4) is 0 Å². The second-order valence-electron chi connectivity index (χ2n) is 2.40. The van der Waals surface area contributed by atoms with Gasteiger partial charge in [-0.25, -0.2) is 0 Å². The first-order valence-electron chi connectivity index (χ1n) is 3.38. The normalized spacial score (nSPS) is 13.0. The molecular formula is C6H5F5N2O. The fourth-order valence-electron chi connectivity index (χ4n) is 0.681. The number of aromatic nitrogens is 1. The van der Waals surface area contributed by atoms with Gasteiger partial charge in [-0.1, -0.05) is 5.16 Å². The van der Waals surface area contributed by atoms with E-state index in [2.05, 4.69) is 15.0 Å². The summed E-state index contributed by atoms with van der Waals surface area (Å²) in [7, 11) is 1.31. The van der Waals surface area contributed by atoms with Crippen molar-refractivity contribution in [3.63, 3.8) is 0 Å². The Balaban J connectivity index is 3.04. The largest absolute Gasteiger partial charge is 0.461 e. The summed E-state index contributed by atoms with van der Waals surface area (Å²) in [5, 5.41) is 5.21. The van der Waals surface area contributed by atoms with Crippen LogP contribution in [0.15, 0.2) is 10.6 Å². The number of nitrogens with one attached hydrogen (secondary N) is 1. The molecule has 1 heterocycles. The zero-order valence-corrected chi connectivity index (χ0v) is 6.82. The molecule has 0 bridgehead atoms. The monoisotopic (exact) mass is 216 g/mol. The van der Waals surface area contributed by atoms with Crippen molar-refractivity contribution in [2.45, 2.75) is 12.1 Å². The third-order valence-electron chi connectivity index (χ3n) is 1.43. The Morgan fingerprint density at radius 2 is 1.86 bits per heavy atom. The van der Waals surface area contributed by atoms with Crippen molar-refractivity contribution in [1.29, 1.82) is 0 Å². The molecule has 0 aliphatic heterocycles. The molecule has 0 unspecified atom stereocenters. The van der Waals surface area contributed by atoms with Crippen molar-refractivity contribution >= 4 is 5.82 Å². The first-order valence-corrected chi connectivity index (χ1v) is 3.38. The zero-order chi connectivity index (χ0) is 11.0. The maximum atomic E-state index is 12.5. The van der Waals surface area contributed by atoms with Crippen LogP contribution >= 0.6 is 0 Å². The van der Waals surface area contributed by atoms with Crippen molar-refractivity contribution < 1.29 is 26.5 Å². The van der Waals surface area contributed by atoms with Gasteiger partial charge in [-0.3, -0.25) is 0 Å². The molecule has 0 radical (unpaired) electrons. The summed E-state index contributed by atoms with van der Waals surface area (Å²) in [6, 6.07) is 0.494. The van der Waals surface area contributed by atoms with E-state index in [9.17, 15) is 22.0 Å². The van der Waals surface area contributed by atoms with Gasteiger partial charge in [0.1, 0.15) is 0 Å². The number of anilines is 1. The number of nitrogens with zero attached hydrogens (tertiary/aromatic N) is 1. The fraction of sp³-hybridized carbons (Fsp3) is 0.500. The van der Waals surface area contributed by atoms with Gasteiger partial charge in [0.25, 0.3) is 0 Å². The number of rotatable bonds is 2. The molecule has 8 heteroatoms. The van der Waals surface area contributed by atoms with Crippen LogP contribution in [0.5, 0.6) is 0 Å². The van der Waals surface area contributed by atoms with Crippen molar-refractivity contribution in [1.82, 2.24) is 5.16 Å². The van der Waals surface area contributed by atoms with Crippen molar-refractivity contribution in [2.75, 3.05) is 12.4 Å². The first-order chi connectivity index (χ1) is 6.29. The van der Waals surface area contributed by atoms with Gasteiger partial charge in [0.2, 0.25) is 5.76 Å². The van der Waals surface area contributed by atoms with Crippen LogP contribution in [-0.2, 0) is 5.92 Å². The summed E-state index contributed by atoms with van der Waals surface area (Å²) in [5.74, 6) is -6.74.